The summed E-state index contributed by atoms with van der Waals surface area (Å²) in [7, 11) is 1.51. The van der Waals surface area contributed by atoms with E-state index in [2.05, 4.69) is 18.1 Å². The lowest BCUT2D eigenvalue weighted by molar-refractivity contribution is 0.309. The van der Waals surface area contributed by atoms with Crippen molar-refractivity contribution in [2.45, 2.75) is 6.92 Å². The third-order valence-corrected chi connectivity index (χ3v) is 3.32. The summed E-state index contributed by atoms with van der Waals surface area (Å²) in [5.41, 5.74) is 2.11. The number of rotatable bonds is 4. The molecule has 1 aromatic carbocycles. The molecule has 114 valence electrons. The van der Waals surface area contributed by atoms with Gasteiger partial charge in [0.2, 0.25) is 0 Å². The smallest absolute Gasteiger partial charge is 0.123 e. The lowest BCUT2D eigenvalue weighted by atomic mass is 10.1. The summed E-state index contributed by atoms with van der Waals surface area (Å²) >= 11 is 0. The van der Waals surface area contributed by atoms with E-state index in [0.29, 0.717) is 27.6 Å². The molecule has 1 N–H and O–H groups in total. The van der Waals surface area contributed by atoms with Crippen molar-refractivity contribution in [2.24, 2.45) is 0 Å². The Morgan fingerprint density at radius 2 is 1.91 bits per heavy atom. The molecule has 1 heterocycles. The molecule has 0 aliphatic rings. The highest BCUT2D eigenvalue weighted by Crippen LogP contribution is 2.20. The van der Waals surface area contributed by atoms with Gasteiger partial charge in [0.15, 0.2) is 0 Å². The maximum atomic E-state index is 13.7. The number of hydrogen-bond acceptors (Lipinski definition) is 1. The highest BCUT2D eigenvalue weighted by molar-refractivity contribution is 5.74. The monoisotopic (exact) mass is 301 g/mol. The summed E-state index contributed by atoms with van der Waals surface area (Å²) in [6.07, 6.45) is 3.41. The molecule has 2 rings (SSSR count). The van der Waals surface area contributed by atoms with Crippen molar-refractivity contribution in [1.82, 2.24) is 4.98 Å². The molecule has 4 heteroatoms. The quantitative estimate of drug-likeness (QED) is 0.678. The van der Waals surface area contributed by atoms with Crippen molar-refractivity contribution in [3.63, 3.8) is 0 Å². The number of halogens is 2. The third kappa shape index (κ3) is 3.17. The number of allylic oxidation sites excluding steroid dienone is 1. The van der Waals surface area contributed by atoms with Crippen molar-refractivity contribution in [3.8, 4) is 11.3 Å². The first-order chi connectivity index (χ1) is 10.4. The van der Waals surface area contributed by atoms with E-state index in [0.717, 1.165) is 5.56 Å². The molecule has 0 saturated carbocycles. The van der Waals surface area contributed by atoms with Crippen LogP contribution in [0.2, 0.25) is 0 Å². The summed E-state index contributed by atoms with van der Waals surface area (Å²) < 4.78 is 31.7. The first-order valence-electron chi connectivity index (χ1n) is 6.68. The topological polar surface area (TPSA) is 25.0 Å². The van der Waals surface area contributed by atoms with Crippen molar-refractivity contribution in [3.05, 3.63) is 64.6 Å². The van der Waals surface area contributed by atoms with Crippen LogP contribution in [0.4, 0.5) is 8.78 Å². The second kappa shape index (κ2) is 6.43. The molecule has 1 aromatic heterocycles. The van der Waals surface area contributed by atoms with E-state index in [-0.39, 0.29) is 11.6 Å². The first kappa shape index (κ1) is 15.8. The Hall–Kier alpha value is -2.62. The van der Waals surface area contributed by atoms with E-state index in [1.54, 1.807) is 24.3 Å². The molecule has 0 unspecified atom stereocenters. The van der Waals surface area contributed by atoms with Gasteiger partial charge in [0.1, 0.15) is 17.4 Å². The van der Waals surface area contributed by atoms with Gasteiger partial charge in [-0.25, -0.2) is 8.78 Å². The summed E-state index contributed by atoms with van der Waals surface area (Å²) in [5.74, 6) is -0.227. The van der Waals surface area contributed by atoms with E-state index in [1.165, 1.54) is 26.2 Å². The van der Waals surface area contributed by atoms with Crippen molar-refractivity contribution >= 4 is 18.5 Å². The lowest BCUT2D eigenvalue weighted by Gasteiger charge is -2.01. The molecule has 2 aromatic rings. The van der Waals surface area contributed by atoms with E-state index in [9.17, 15) is 8.78 Å². The number of methoxy groups -OCH3 is 1. The number of ether oxygens (including phenoxy) is 1. The normalized spacial score (nSPS) is 12.5. The Kier molecular flexibility index (Phi) is 4.61. The fourth-order valence-corrected chi connectivity index (χ4v) is 2.12. The predicted octanol–water partition coefficient (Wildman–Crippen LogP) is 3.50. The largest absolute Gasteiger partial charge is 0.497 e. The standard InChI is InChI=1S/C18H17F2NO/c1-11(22-4)5-10-16-12(2)17(13(3)19)21-18(16)14-6-8-15(20)9-7-14/h5-10,21H,1-2H2,3-4H3/b10-5+,17-13-. The van der Waals surface area contributed by atoms with Gasteiger partial charge < -0.3 is 9.72 Å². The summed E-state index contributed by atoms with van der Waals surface area (Å²) in [6.45, 7) is 8.98. The number of benzene rings is 1. The van der Waals surface area contributed by atoms with Crippen LogP contribution in [0.25, 0.3) is 29.7 Å². The van der Waals surface area contributed by atoms with Crippen LogP contribution in [0.5, 0.6) is 0 Å². The molecule has 22 heavy (non-hydrogen) atoms. The number of H-pyrrole nitrogens is 1. The number of aromatic nitrogens is 1. The van der Waals surface area contributed by atoms with Gasteiger partial charge in [-0.3, -0.25) is 0 Å². The maximum absolute atomic E-state index is 13.7. The number of nitrogens with one attached hydrogen (secondary N) is 1. The van der Waals surface area contributed by atoms with Crippen LogP contribution in [0.1, 0.15) is 12.5 Å². The zero-order valence-electron chi connectivity index (χ0n) is 12.5. The minimum Gasteiger partial charge on any atom is -0.497 e. The zero-order valence-corrected chi connectivity index (χ0v) is 12.5. The molecule has 0 saturated heterocycles. The summed E-state index contributed by atoms with van der Waals surface area (Å²) in [4.78, 5) is 3.01. The van der Waals surface area contributed by atoms with Crippen LogP contribution < -0.4 is 10.6 Å². The molecule has 0 bridgehead atoms. The first-order valence-corrected chi connectivity index (χ1v) is 6.68. The van der Waals surface area contributed by atoms with E-state index >= 15 is 0 Å². The Bertz CT molecular complexity index is 825. The molecule has 0 amide bonds. The van der Waals surface area contributed by atoms with Crippen LogP contribution in [-0.2, 0) is 4.74 Å². The highest BCUT2D eigenvalue weighted by atomic mass is 19.1. The Morgan fingerprint density at radius 3 is 2.45 bits per heavy atom. The molecular weight excluding hydrogens is 284 g/mol. The fraction of sp³-hybridized carbons (Fsp3) is 0.111. The van der Waals surface area contributed by atoms with Gasteiger partial charge in [-0.1, -0.05) is 13.2 Å². The van der Waals surface area contributed by atoms with Gasteiger partial charge in [-0.15, -0.1) is 0 Å². The summed E-state index contributed by atoms with van der Waals surface area (Å²) in [5, 5.41) is 0.849. The minimum atomic E-state index is -0.362. The minimum absolute atomic E-state index is 0.321. The van der Waals surface area contributed by atoms with Gasteiger partial charge in [0.25, 0.3) is 0 Å². The Labute approximate surface area is 127 Å². The molecule has 0 aliphatic carbocycles. The highest BCUT2D eigenvalue weighted by Gasteiger charge is 2.09. The van der Waals surface area contributed by atoms with Gasteiger partial charge in [-0.2, -0.15) is 0 Å². The number of hydrogen-bond donors (Lipinski definition) is 1. The van der Waals surface area contributed by atoms with Crippen LogP contribution in [-0.4, -0.2) is 12.1 Å². The Balaban J connectivity index is 2.67. The average Bonchev–Trinajstić information content (AvgIpc) is 2.82. The molecule has 0 radical (unpaired) electrons. The van der Waals surface area contributed by atoms with Gasteiger partial charge in [0, 0.05) is 10.8 Å². The Morgan fingerprint density at radius 1 is 1.27 bits per heavy atom. The van der Waals surface area contributed by atoms with E-state index < -0.39 is 0 Å². The molecule has 2 nitrogen and oxygen atoms in total. The van der Waals surface area contributed by atoms with Crippen LogP contribution in [0, 0.1) is 5.82 Å². The SMILES string of the molecule is C=C(/C=C/c1c(-c2ccc(F)cc2)[nH]/c(=C(/C)F)c1=C)OC. The molecule has 0 spiro atoms. The second-order valence-electron chi connectivity index (χ2n) is 4.81. The van der Waals surface area contributed by atoms with Gasteiger partial charge in [0.05, 0.1) is 18.2 Å². The van der Waals surface area contributed by atoms with Gasteiger partial charge >= 0.3 is 0 Å². The van der Waals surface area contributed by atoms with Crippen LogP contribution >= 0.6 is 0 Å². The van der Waals surface area contributed by atoms with E-state index in [1.807, 2.05) is 0 Å². The lowest BCUT2D eigenvalue weighted by Crippen LogP contribution is -2.23. The van der Waals surface area contributed by atoms with Gasteiger partial charge in [-0.05, 0) is 48.9 Å². The molecule has 0 aliphatic heterocycles. The second-order valence-corrected chi connectivity index (χ2v) is 4.81. The molecule has 0 fully saturated rings. The molecule has 0 atom stereocenters. The van der Waals surface area contributed by atoms with Crippen LogP contribution in [0.15, 0.2) is 42.7 Å². The van der Waals surface area contributed by atoms with Crippen molar-refractivity contribution in [1.29, 1.82) is 0 Å². The fourth-order valence-electron chi connectivity index (χ4n) is 2.12. The van der Waals surface area contributed by atoms with Crippen molar-refractivity contribution in [2.75, 3.05) is 7.11 Å². The zero-order chi connectivity index (χ0) is 16.3. The summed E-state index contributed by atoms with van der Waals surface area (Å²) in [6, 6.07) is 5.96. The van der Waals surface area contributed by atoms with Crippen molar-refractivity contribution < 1.29 is 13.5 Å². The van der Waals surface area contributed by atoms with E-state index in [4.69, 9.17) is 4.74 Å². The van der Waals surface area contributed by atoms with Crippen LogP contribution in [0.3, 0.4) is 0 Å². The number of aromatic amines is 1. The maximum Gasteiger partial charge on any atom is 0.123 e. The average molecular weight is 301 g/mol. The predicted molar refractivity (Wildman–Crippen MR) is 86.3 cm³/mol. The third-order valence-electron chi connectivity index (χ3n) is 3.32. The molecular formula is C18H17F2NO.